The second-order valence-corrected chi connectivity index (χ2v) is 4.08. The van der Waals surface area contributed by atoms with Crippen molar-refractivity contribution in [3.8, 4) is 0 Å². The summed E-state index contributed by atoms with van der Waals surface area (Å²) in [4.78, 5) is 7.57. The summed E-state index contributed by atoms with van der Waals surface area (Å²) in [5.41, 5.74) is 2.13. The van der Waals surface area contributed by atoms with Crippen molar-refractivity contribution in [1.82, 2.24) is 9.97 Å². The maximum Gasteiger partial charge on any atom is 0.417 e. The molecule has 0 fully saturated rings. The highest BCUT2D eigenvalue weighted by Gasteiger charge is 2.31. The lowest BCUT2D eigenvalue weighted by molar-refractivity contribution is -0.137. The van der Waals surface area contributed by atoms with Crippen LogP contribution >= 0.6 is 11.6 Å². The van der Waals surface area contributed by atoms with Crippen molar-refractivity contribution >= 4 is 23.6 Å². The third kappa shape index (κ3) is 3.67. The first kappa shape index (κ1) is 14.3. The highest BCUT2D eigenvalue weighted by Crippen LogP contribution is 2.32. The van der Waals surface area contributed by atoms with E-state index >= 15 is 0 Å². The lowest BCUT2D eigenvalue weighted by atomic mass is 10.3. The summed E-state index contributed by atoms with van der Waals surface area (Å²) in [5.74, 6) is 0.0341. The minimum absolute atomic E-state index is 0.0341. The van der Waals surface area contributed by atoms with Crippen LogP contribution in [0.5, 0.6) is 0 Å². The molecule has 0 atom stereocenters. The molecule has 20 heavy (non-hydrogen) atoms. The average molecular weight is 301 g/mol. The molecule has 104 valence electrons. The number of alkyl halides is 3. The number of halogens is 4. The second kappa shape index (κ2) is 5.87. The molecule has 0 amide bonds. The Bertz CT molecular complexity index is 614. The Morgan fingerprint density at radius 1 is 1.25 bits per heavy atom. The van der Waals surface area contributed by atoms with Crippen LogP contribution in [0.1, 0.15) is 11.3 Å². The standard InChI is InChI=1S/C12H8ClF3N4/c13-10-5-8(12(14,15)16)6-18-11(10)20-19-7-9-3-1-2-4-17-9/h1-7H,(H,18,20). The predicted molar refractivity (Wildman–Crippen MR) is 69.7 cm³/mol. The quantitative estimate of drug-likeness (QED) is 0.696. The normalized spacial score (nSPS) is 11.8. The second-order valence-electron chi connectivity index (χ2n) is 3.68. The molecule has 2 rings (SSSR count). The zero-order valence-electron chi connectivity index (χ0n) is 9.89. The molecule has 0 saturated heterocycles. The van der Waals surface area contributed by atoms with E-state index in [2.05, 4.69) is 20.5 Å². The Morgan fingerprint density at radius 3 is 2.65 bits per heavy atom. The molecule has 1 N–H and O–H groups in total. The molecule has 4 nitrogen and oxygen atoms in total. The van der Waals surface area contributed by atoms with E-state index < -0.39 is 11.7 Å². The number of nitrogens with one attached hydrogen (secondary N) is 1. The van der Waals surface area contributed by atoms with Gasteiger partial charge in [0, 0.05) is 12.4 Å². The van der Waals surface area contributed by atoms with Gasteiger partial charge in [0.05, 0.1) is 22.5 Å². The molecule has 0 radical (unpaired) electrons. The Balaban J connectivity index is 2.09. The SMILES string of the molecule is FC(F)(F)c1cnc(NN=Cc2ccccn2)c(Cl)c1. The van der Waals surface area contributed by atoms with E-state index in [0.29, 0.717) is 11.9 Å². The van der Waals surface area contributed by atoms with Crippen LogP contribution in [0.3, 0.4) is 0 Å². The fourth-order valence-corrected chi connectivity index (χ4v) is 1.50. The maximum absolute atomic E-state index is 12.4. The Hall–Kier alpha value is -2.15. The van der Waals surface area contributed by atoms with Gasteiger partial charge in [-0.2, -0.15) is 18.3 Å². The molecule has 0 bridgehead atoms. The number of hydrazone groups is 1. The van der Waals surface area contributed by atoms with Gasteiger partial charge < -0.3 is 0 Å². The third-order valence-corrected chi connectivity index (χ3v) is 2.51. The van der Waals surface area contributed by atoms with Crippen LogP contribution in [0.2, 0.25) is 5.02 Å². The topological polar surface area (TPSA) is 50.2 Å². The molecule has 0 unspecified atom stereocenters. The number of pyridine rings is 2. The summed E-state index contributed by atoms with van der Waals surface area (Å²) < 4.78 is 37.2. The van der Waals surface area contributed by atoms with Gasteiger partial charge in [0.15, 0.2) is 5.82 Å². The van der Waals surface area contributed by atoms with Gasteiger partial charge in [-0.25, -0.2) is 4.98 Å². The number of aromatic nitrogens is 2. The lowest BCUT2D eigenvalue weighted by Crippen LogP contribution is -2.06. The smallest absolute Gasteiger partial charge is 0.260 e. The highest BCUT2D eigenvalue weighted by atomic mass is 35.5. The minimum Gasteiger partial charge on any atom is -0.260 e. The van der Waals surface area contributed by atoms with Gasteiger partial charge in [-0.3, -0.25) is 10.4 Å². The largest absolute Gasteiger partial charge is 0.417 e. The Morgan fingerprint density at radius 2 is 2.05 bits per heavy atom. The van der Waals surface area contributed by atoms with Gasteiger partial charge in [0.25, 0.3) is 0 Å². The molecular formula is C12H8ClF3N4. The number of rotatable bonds is 3. The number of hydrogen-bond donors (Lipinski definition) is 1. The first-order valence-corrected chi connectivity index (χ1v) is 5.77. The van der Waals surface area contributed by atoms with Crippen LogP contribution in [-0.4, -0.2) is 16.2 Å². The number of hydrogen-bond acceptors (Lipinski definition) is 4. The van der Waals surface area contributed by atoms with Crippen LogP contribution < -0.4 is 5.43 Å². The van der Waals surface area contributed by atoms with E-state index in [-0.39, 0.29) is 10.8 Å². The number of nitrogens with zero attached hydrogens (tertiary/aromatic N) is 3. The molecule has 2 heterocycles. The van der Waals surface area contributed by atoms with Crippen molar-refractivity contribution in [2.45, 2.75) is 6.18 Å². The summed E-state index contributed by atoms with van der Waals surface area (Å²) >= 11 is 5.70. The maximum atomic E-state index is 12.4. The summed E-state index contributed by atoms with van der Waals surface area (Å²) in [6.45, 7) is 0. The van der Waals surface area contributed by atoms with Crippen LogP contribution in [0.4, 0.5) is 19.0 Å². The molecule has 2 aromatic rings. The number of anilines is 1. The van der Waals surface area contributed by atoms with Crippen molar-refractivity contribution in [3.05, 3.63) is 52.9 Å². The summed E-state index contributed by atoms with van der Waals surface area (Å²) in [5, 5.41) is 3.63. The van der Waals surface area contributed by atoms with E-state index in [1.54, 1.807) is 24.4 Å². The predicted octanol–water partition coefficient (Wildman–Crippen LogP) is 3.59. The molecule has 0 aliphatic carbocycles. The molecule has 0 aliphatic rings. The van der Waals surface area contributed by atoms with Gasteiger partial charge >= 0.3 is 6.18 Å². The van der Waals surface area contributed by atoms with Gasteiger partial charge in [-0.05, 0) is 18.2 Å². The molecule has 8 heteroatoms. The van der Waals surface area contributed by atoms with Crippen molar-refractivity contribution < 1.29 is 13.2 Å². The average Bonchev–Trinajstić information content (AvgIpc) is 2.40. The van der Waals surface area contributed by atoms with Crippen molar-refractivity contribution in [3.63, 3.8) is 0 Å². The molecule has 0 aromatic carbocycles. The molecule has 0 spiro atoms. The first-order valence-electron chi connectivity index (χ1n) is 5.39. The Labute approximate surface area is 117 Å². The van der Waals surface area contributed by atoms with Gasteiger partial charge in [0.2, 0.25) is 0 Å². The van der Waals surface area contributed by atoms with Crippen LogP contribution in [0.15, 0.2) is 41.8 Å². The van der Waals surface area contributed by atoms with Crippen LogP contribution in [0.25, 0.3) is 0 Å². The molecular weight excluding hydrogens is 293 g/mol. The zero-order valence-corrected chi connectivity index (χ0v) is 10.7. The summed E-state index contributed by atoms with van der Waals surface area (Å²) in [7, 11) is 0. The van der Waals surface area contributed by atoms with Crippen LogP contribution in [0, 0.1) is 0 Å². The van der Waals surface area contributed by atoms with E-state index in [0.717, 1.165) is 6.07 Å². The molecule has 0 saturated carbocycles. The fourth-order valence-electron chi connectivity index (χ4n) is 1.29. The third-order valence-electron chi connectivity index (χ3n) is 2.22. The summed E-state index contributed by atoms with van der Waals surface area (Å²) in [6, 6.07) is 6.02. The van der Waals surface area contributed by atoms with E-state index in [1.165, 1.54) is 6.21 Å². The van der Waals surface area contributed by atoms with Crippen molar-refractivity contribution in [2.75, 3.05) is 5.43 Å². The van der Waals surface area contributed by atoms with E-state index in [4.69, 9.17) is 11.6 Å². The first-order chi connectivity index (χ1) is 9.47. The van der Waals surface area contributed by atoms with E-state index in [1.807, 2.05) is 0 Å². The highest BCUT2D eigenvalue weighted by molar-refractivity contribution is 6.32. The fraction of sp³-hybridized carbons (Fsp3) is 0.0833. The van der Waals surface area contributed by atoms with E-state index in [9.17, 15) is 13.2 Å². The monoisotopic (exact) mass is 300 g/mol. The van der Waals surface area contributed by atoms with Crippen molar-refractivity contribution in [2.24, 2.45) is 5.10 Å². The summed E-state index contributed by atoms with van der Waals surface area (Å²) in [6.07, 6.45) is -0.808. The van der Waals surface area contributed by atoms with Gasteiger partial charge in [0.1, 0.15) is 0 Å². The van der Waals surface area contributed by atoms with Crippen molar-refractivity contribution in [1.29, 1.82) is 0 Å². The zero-order chi connectivity index (χ0) is 14.6. The van der Waals surface area contributed by atoms with Gasteiger partial charge in [-0.1, -0.05) is 17.7 Å². The Kier molecular flexibility index (Phi) is 4.19. The minimum atomic E-state index is -4.48. The molecule has 0 aliphatic heterocycles. The van der Waals surface area contributed by atoms with Gasteiger partial charge in [-0.15, -0.1) is 0 Å². The van der Waals surface area contributed by atoms with Crippen LogP contribution in [-0.2, 0) is 6.18 Å². The lowest BCUT2D eigenvalue weighted by Gasteiger charge is -2.08. The molecule has 2 aromatic heterocycles.